The summed E-state index contributed by atoms with van der Waals surface area (Å²) in [6.07, 6.45) is 0.847. The van der Waals surface area contributed by atoms with Crippen molar-refractivity contribution in [2.45, 2.75) is 12.5 Å². The van der Waals surface area contributed by atoms with Crippen LogP contribution in [0.1, 0.15) is 6.42 Å². The molecule has 0 radical (unpaired) electrons. The summed E-state index contributed by atoms with van der Waals surface area (Å²) in [7, 11) is 0. The molecular weight excluding hydrogens is 281 g/mol. The van der Waals surface area contributed by atoms with Gasteiger partial charge >= 0.3 is 0 Å². The van der Waals surface area contributed by atoms with Crippen LogP contribution < -0.4 is 10.1 Å². The minimum Gasteiger partial charge on any atom is -0.490 e. The zero-order valence-electron chi connectivity index (χ0n) is 8.91. The van der Waals surface area contributed by atoms with Crippen LogP contribution in [0, 0.1) is 0 Å². The maximum Gasteiger partial charge on any atom is 0.257 e. The minimum absolute atomic E-state index is 0.0156. The highest BCUT2D eigenvalue weighted by Crippen LogP contribution is 2.26. The molecule has 1 fully saturated rings. The van der Waals surface area contributed by atoms with E-state index in [4.69, 9.17) is 44.9 Å². The van der Waals surface area contributed by atoms with E-state index in [1.54, 1.807) is 18.2 Å². The van der Waals surface area contributed by atoms with Crippen molar-refractivity contribution in [1.82, 2.24) is 5.32 Å². The van der Waals surface area contributed by atoms with E-state index in [2.05, 4.69) is 5.32 Å². The Kier molecular flexibility index (Phi) is 4.31. The summed E-state index contributed by atoms with van der Waals surface area (Å²) >= 11 is 16.6. The van der Waals surface area contributed by atoms with Crippen molar-refractivity contribution in [1.29, 1.82) is 0 Å². The fourth-order valence-corrected chi connectivity index (χ4v) is 1.99. The molecule has 1 aromatic rings. The standard InChI is InChI=1S/C11H11Cl2NO2S/c12-9-2-1-7(5-10(9)13)15-6-8-3-4-14-11(17)16-8/h1-2,5,8H,3-4,6H2,(H,14,17). The van der Waals surface area contributed by atoms with E-state index >= 15 is 0 Å². The van der Waals surface area contributed by atoms with Crippen LogP contribution in [0.2, 0.25) is 10.0 Å². The van der Waals surface area contributed by atoms with Crippen molar-refractivity contribution in [2.75, 3.05) is 13.2 Å². The molecule has 1 heterocycles. The molecule has 2 rings (SSSR count). The molecule has 1 N–H and O–H groups in total. The first-order valence-corrected chi connectivity index (χ1v) is 6.34. The molecule has 92 valence electrons. The lowest BCUT2D eigenvalue weighted by Crippen LogP contribution is -2.40. The normalized spacial score (nSPS) is 19.4. The van der Waals surface area contributed by atoms with Gasteiger partial charge < -0.3 is 14.8 Å². The van der Waals surface area contributed by atoms with Crippen LogP contribution >= 0.6 is 35.4 Å². The van der Waals surface area contributed by atoms with E-state index < -0.39 is 0 Å². The summed E-state index contributed by atoms with van der Waals surface area (Å²) in [6.45, 7) is 1.26. The topological polar surface area (TPSA) is 30.5 Å². The van der Waals surface area contributed by atoms with E-state index in [1.807, 2.05) is 0 Å². The fourth-order valence-electron chi connectivity index (χ4n) is 1.46. The van der Waals surface area contributed by atoms with Gasteiger partial charge in [0.05, 0.1) is 10.0 Å². The Labute approximate surface area is 115 Å². The van der Waals surface area contributed by atoms with Crippen molar-refractivity contribution in [3.8, 4) is 5.75 Å². The van der Waals surface area contributed by atoms with Crippen LogP contribution in [0.3, 0.4) is 0 Å². The fraction of sp³-hybridized carbons (Fsp3) is 0.364. The van der Waals surface area contributed by atoms with Crippen LogP contribution in [0.15, 0.2) is 18.2 Å². The zero-order chi connectivity index (χ0) is 12.3. The summed E-state index contributed by atoms with van der Waals surface area (Å²) in [5.41, 5.74) is 0. The summed E-state index contributed by atoms with van der Waals surface area (Å²) in [5, 5.41) is 4.36. The van der Waals surface area contributed by atoms with Crippen molar-refractivity contribution in [2.24, 2.45) is 0 Å². The first kappa shape index (κ1) is 12.7. The predicted molar refractivity (Wildman–Crippen MR) is 72.0 cm³/mol. The molecule has 1 aliphatic rings. The summed E-state index contributed by atoms with van der Waals surface area (Å²) in [6, 6.07) is 5.16. The first-order valence-electron chi connectivity index (χ1n) is 5.17. The Morgan fingerprint density at radius 1 is 1.41 bits per heavy atom. The predicted octanol–water partition coefficient (Wildman–Crippen LogP) is 3.04. The highest BCUT2D eigenvalue weighted by Gasteiger charge is 2.18. The van der Waals surface area contributed by atoms with Gasteiger partial charge in [0.15, 0.2) is 0 Å². The van der Waals surface area contributed by atoms with E-state index in [9.17, 15) is 0 Å². The third kappa shape index (κ3) is 3.63. The number of hydrogen-bond donors (Lipinski definition) is 1. The summed E-state index contributed by atoms with van der Waals surface area (Å²) < 4.78 is 11.0. The Balaban J connectivity index is 1.88. The summed E-state index contributed by atoms with van der Waals surface area (Å²) in [4.78, 5) is 0. The van der Waals surface area contributed by atoms with Gasteiger partial charge in [-0.2, -0.15) is 0 Å². The molecule has 6 heteroatoms. The average molecular weight is 292 g/mol. The highest BCUT2D eigenvalue weighted by atomic mass is 35.5. The van der Waals surface area contributed by atoms with Crippen molar-refractivity contribution in [3.05, 3.63) is 28.2 Å². The molecule has 0 aromatic heterocycles. The molecule has 1 aliphatic heterocycles. The van der Waals surface area contributed by atoms with Crippen molar-refractivity contribution < 1.29 is 9.47 Å². The highest BCUT2D eigenvalue weighted by molar-refractivity contribution is 7.80. The van der Waals surface area contributed by atoms with Gasteiger partial charge in [-0.25, -0.2) is 0 Å². The monoisotopic (exact) mass is 291 g/mol. The molecule has 0 amide bonds. The second-order valence-corrected chi connectivity index (χ2v) is 4.81. The largest absolute Gasteiger partial charge is 0.490 e. The van der Waals surface area contributed by atoms with E-state index in [0.717, 1.165) is 13.0 Å². The molecule has 3 nitrogen and oxygen atoms in total. The van der Waals surface area contributed by atoms with Crippen LogP contribution in [-0.2, 0) is 4.74 Å². The molecule has 17 heavy (non-hydrogen) atoms. The van der Waals surface area contributed by atoms with E-state index in [1.165, 1.54) is 0 Å². The van der Waals surface area contributed by atoms with Gasteiger partial charge in [0, 0.05) is 19.0 Å². The second-order valence-electron chi connectivity index (χ2n) is 3.63. The van der Waals surface area contributed by atoms with Gasteiger partial charge in [-0.1, -0.05) is 23.2 Å². The van der Waals surface area contributed by atoms with E-state index in [-0.39, 0.29) is 6.10 Å². The Hall–Kier alpha value is -0.710. The van der Waals surface area contributed by atoms with Gasteiger partial charge in [-0.05, 0) is 24.4 Å². The van der Waals surface area contributed by atoms with Crippen LogP contribution in [0.4, 0.5) is 0 Å². The molecule has 0 bridgehead atoms. The molecule has 1 unspecified atom stereocenters. The molecule has 1 atom stereocenters. The van der Waals surface area contributed by atoms with Gasteiger partial charge in [0.25, 0.3) is 5.17 Å². The van der Waals surface area contributed by atoms with Crippen molar-refractivity contribution >= 4 is 40.6 Å². The number of benzene rings is 1. The lowest BCUT2D eigenvalue weighted by molar-refractivity contribution is 0.0957. The number of hydrogen-bond acceptors (Lipinski definition) is 3. The number of thiocarbonyl (C=S) groups is 1. The quantitative estimate of drug-likeness (QED) is 0.867. The lowest BCUT2D eigenvalue weighted by Gasteiger charge is -2.25. The smallest absolute Gasteiger partial charge is 0.257 e. The summed E-state index contributed by atoms with van der Waals surface area (Å²) in [5.74, 6) is 0.674. The van der Waals surface area contributed by atoms with Crippen molar-refractivity contribution in [3.63, 3.8) is 0 Å². The minimum atomic E-state index is -0.0156. The number of nitrogens with one attached hydrogen (secondary N) is 1. The van der Waals surface area contributed by atoms with Gasteiger partial charge in [-0.15, -0.1) is 0 Å². The molecule has 1 aromatic carbocycles. The third-order valence-corrected chi connectivity index (χ3v) is 3.32. The Bertz CT molecular complexity index is 428. The van der Waals surface area contributed by atoms with Crippen LogP contribution in [-0.4, -0.2) is 24.4 Å². The van der Waals surface area contributed by atoms with Gasteiger partial charge in [0.1, 0.15) is 18.5 Å². The molecule has 1 saturated heterocycles. The third-order valence-electron chi connectivity index (χ3n) is 2.34. The van der Waals surface area contributed by atoms with Gasteiger partial charge in [0.2, 0.25) is 0 Å². The number of rotatable bonds is 3. The maximum absolute atomic E-state index is 5.88. The first-order chi connectivity index (χ1) is 8.15. The van der Waals surface area contributed by atoms with E-state index in [0.29, 0.717) is 27.6 Å². The number of ether oxygens (including phenoxy) is 2. The molecular formula is C11H11Cl2NO2S. The lowest BCUT2D eigenvalue weighted by atomic mass is 10.2. The Morgan fingerprint density at radius 2 is 2.24 bits per heavy atom. The molecule has 0 saturated carbocycles. The maximum atomic E-state index is 5.88. The van der Waals surface area contributed by atoms with Crippen LogP contribution in [0.5, 0.6) is 5.75 Å². The van der Waals surface area contributed by atoms with Gasteiger partial charge in [-0.3, -0.25) is 0 Å². The number of halogens is 2. The molecule has 0 spiro atoms. The molecule has 0 aliphatic carbocycles. The average Bonchev–Trinajstić information content (AvgIpc) is 2.31. The Morgan fingerprint density at radius 3 is 2.94 bits per heavy atom. The second kappa shape index (κ2) is 5.76. The zero-order valence-corrected chi connectivity index (χ0v) is 11.2. The van der Waals surface area contributed by atoms with Crippen LogP contribution in [0.25, 0.3) is 0 Å². The SMILES string of the molecule is S=C1NCCC(COc2ccc(Cl)c(Cl)c2)O1.